The van der Waals surface area contributed by atoms with E-state index in [1.807, 2.05) is 13.8 Å². The molecule has 0 bridgehead atoms. The van der Waals surface area contributed by atoms with Crippen molar-refractivity contribution in [3.63, 3.8) is 0 Å². The molecule has 1 heterocycles. The Labute approximate surface area is 214 Å². The number of hydrogen-bond donors (Lipinski definition) is 0. The Morgan fingerprint density at radius 2 is 1.73 bits per heavy atom. The molecule has 0 atom stereocenters. The topological polar surface area (TPSA) is 85.8 Å². The number of hydrogen-bond acceptors (Lipinski definition) is 6. The lowest BCUT2D eigenvalue weighted by Gasteiger charge is -2.34. The average molecular weight is 521 g/mol. The van der Waals surface area contributed by atoms with Crippen LogP contribution in [0.4, 0.5) is 18.9 Å². The maximum absolute atomic E-state index is 13.7. The van der Waals surface area contributed by atoms with Gasteiger partial charge in [-0.25, -0.2) is 9.78 Å². The number of halogens is 3. The standard InChI is InChI=1S/C27H31F3N2O5/c1-15(2)32(25(34)18-8-6-16(3)7-9-18)23-11-10-20(13-21(23)26(35)36-5)37-24-22(27(28,29)30)12-19(14-31-24)17(4)33/h10-16,18H,6-9H2,1-5H3. The van der Waals surface area contributed by atoms with Gasteiger partial charge >= 0.3 is 12.1 Å². The van der Waals surface area contributed by atoms with E-state index in [0.717, 1.165) is 38.8 Å². The van der Waals surface area contributed by atoms with E-state index in [4.69, 9.17) is 9.47 Å². The second kappa shape index (κ2) is 11.3. The van der Waals surface area contributed by atoms with Gasteiger partial charge in [-0.05, 0) is 76.6 Å². The van der Waals surface area contributed by atoms with Gasteiger partial charge in [0.1, 0.15) is 11.3 Å². The third-order valence-electron chi connectivity index (χ3n) is 6.53. The fraction of sp³-hybridized carbons (Fsp3) is 0.481. The third-order valence-corrected chi connectivity index (χ3v) is 6.53. The molecule has 2 aromatic rings. The maximum Gasteiger partial charge on any atom is 0.421 e. The predicted molar refractivity (Wildman–Crippen MR) is 131 cm³/mol. The minimum Gasteiger partial charge on any atom is -0.465 e. The maximum atomic E-state index is 13.7. The van der Waals surface area contributed by atoms with E-state index >= 15 is 0 Å². The first-order chi connectivity index (χ1) is 17.3. The molecule has 1 fully saturated rings. The van der Waals surface area contributed by atoms with Crippen LogP contribution in [0.15, 0.2) is 30.5 Å². The Morgan fingerprint density at radius 3 is 2.27 bits per heavy atom. The highest BCUT2D eigenvalue weighted by atomic mass is 19.4. The van der Waals surface area contributed by atoms with Crippen molar-refractivity contribution in [3.05, 3.63) is 47.2 Å². The number of carbonyl (C=O) groups excluding carboxylic acids is 3. The average Bonchev–Trinajstić information content (AvgIpc) is 2.84. The van der Waals surface area contributed by atoms with E-state index in [9.17, 15) is 27.6 Å². The molecule has 1 aliphatic rings. The number of ether oxygens (including phenoxy) is 2. The molecule has 10 heteroatoms. The number of carbonyl (C=O) groups is 3. The Morgan fingerprint density at radius 1 is 1.08 bits per heavy atom. The van der Waals surface area contributed by atoms with E-state index in [1.54, 1.807) is 0 Å². The van der Waals surface area contributed by atoms with Gasteiger partial charge in [-0.1, -0.05) is 6.92 Å². The number of nitrogens with zero attached hydrogens (tertiary/aromatic N) is 2. The molecule has 0 aliphatic heterocycles. The number of benzene rings is 1. The van der Waals surface area contributed by atoms with Crippen molar-refractivity contribution < 1.29 is 37.0 Å². The summed E-state index contributed by atoms with van der Waals surface area (Å²) in [6, 6.07) is 4.44. The summed E-state index contributed by atoms with van der Waals surface area (Å²) in [5, 5.41) is 0. The minimum atomic E-state index is -4.84. The molecule has 1 aromatic carbocycles. The molecule has 1 amide bonds. The van der Waals surface area contributed by atoms with Crippen LogP contribution in [-0.4, -0.2) is 35.8 Å². The molecular formula is C27H31F3N2O5. The normalized spacial score (nSPS) is 17.9. The summed E-state index contributed by atoms with van der Waals surface area (Å²) in [7, 11) is 1.17. The number of amides is 1. The summed E-state index contributed by atoms with van der Waals surface area (Å²) in [6.07, 6.45) is -0.462. The van der Waals surface area contributed by atoms with Gasteiger partial charge in [0.25, 0.3) is 0 Å². The highest BCUT2D eigenvalue weighted by Crippen LogP contribution is 2.39. The number of methoxy groups -OCH3 is 1. The van der Waals surface area contributed by atoms with Crippen LogP contribution in [0, 0.1) is 11.8 Å². The Hall–Kier alpha value is -3.43. The zero-order valence-corrected chi connectivity index (χ0v) is 21.5. The zero-order chi connectivity index (χ0) is 27.5. The van der Waals surface area contributed by atoms with E-state index in [1.165, 1.54) is 30.2 Å². The van der Waals surface area contributed by atoms with Crippen LogP contribution in [-0.2, 0) is 15.7 Å². The fourth-order valence-corrected chi connectivity index (χ4v) is 4.46. The lowest BCUT2D eigenvalue weighted by molar-refractivity contribution is -0.138. The number of rotatable bonds is 7. The van der Waals surface area contributed by atoms with Crippen molar-refractivity contribution in [1.82, 2.24) is 4.98 Å². The third kappa shape index (κ3) is 6.47. The van der Waals surface area contributed by atoms with Crippen LogP contribution in [0.25, 0.3) is 0 Å². The van der Waals surface area contributed by atoms with Crippen molar-refractivity contribution >= 4 is 23.3 Å². The zero-order valence-electron chi connectivity index (χ0n) is 21.5. The summed E-state index contributed by atoms with van der Waals surface area (Å²) in [4.78, 5) is 43.0. The second-order valence-corrected chi connectivity index (χ2v) is 9.66. The Bertz CT molecular complexity index is 1170. The van der Waals surface area contributed by atoms with Crippen molar-refractivity contribution in [3.8, 4) is 11.6 Å². The van der Waals surface area contributed by atoms with E-state index in [2.05, 4.69) is 11.9 Å². The summed E-state index contributed by atoms with van der Waals surface area (Å²) in [5.74, 6) is -1.97. The van der Waals surface area contributed by atoms with Crippen LogP contribution < -0.4 is 9.64 Å². The smallest absolute Gasteiger partial charge is 0.421 e. The fourth-order valence-electron chi connectivity index (χ4n) is 4.46. The number of aromatic nitrogens is 1. The highest BCUT2D eigenvalue weighted by molar-refractivity contribution is 6.04. The highest BCUT2D eigenvalue weighted by Gasteiger charge is 2.37. The molecule has 1 aliphatic carbocycles. The van der Waals surface area contributed by atoms with Gasteiger partial charge in [0, 0.05) is 23.7 Å². The number of Topliss-reactive ketones (excluding diaryl/α,β-unsaturated/α-hetero) is 1. The van der Waals surface area contributed by atoms with Gasteiger partial charge in [0.2, 0.25) is 11.8 Å². The number of esters is 1. The summed E-state index contributed by atoms with van der Waals surface area (Å²) in [5.41, 5.74) is -1.18. The quantitative estimate of drug-likeness (QED) is 0.308. The molecule has 3 rings (SSSR count). The number of ketones is 1. The van der Waals surface area contributed by atoms with Gasteiger partial charge in [0.15, 0.2) is 5.78 Å². The molecule has 7 nitrogen and oxygen atoms in total. The molecule has 200 valence electrons. The monoisotopic (exact) mass is 520 g/mol. The molecule has 0 spiro atoms. The molecule has 0 unspecified atom stereocenters. The number of alkyl halides is 3. The predicted octanol–water partition coefficient (Wildman–Crippen LogP) is 6.45. The van der Waals surface area contributed by atoms with Crippen LogP contribution in [0.2, 0.25) is 0 Å². The van der Waals surface area contributed by atoms with E-state index in [0.29, 0.717) is 12.0 Å². The summed E-state index contributed by atoms with van der Waals surface area (Å²) >= 11 is 0. The van der Waals surface area contributed by atoms with Gasteiger partial charge < -0.3 is 14.4 Å². The van der Waals surface area contributed by atoms with Gasteiger partial charge in [-0.15, -0.1) is 0 Å². The summed E-state index contributed by atoms with van der Waals surface area (Å²) < 4.78 is 51.3. The second-order valence-electron chi connectivity index (χ2n) is 9.66. The van der Waals surface area contributed by atoms with Crippen molar-refractivity contribution in [2.45, 2.75) is 65.6 Å². The molecule has 37 heavy (non-hydrogen) atoms. The molecule has 1 saturated carbocycles. The van der Waals surface area contributed by atoms with Crippen LogP contribution >= 0.6 is 0 Å². The first kappa shape index (κ1) is 28.1. The van der Waals surface area contributed by atoms with Crippen molar-refractivity contribution in [2.24, 2.45) is 11.8 Å². The Kier molecular flexibility index (Phi) is 8.60. The largest absolute Gasteiger partial charge is 0.465 e. The van der Waals surface area contributed by atoms with Crippen molar-refractivity contribution in [1.29, 1.82) is 0 Å². The molecule has 0 N–H and O–H groups in total. The van der Waals surface area contributed by atoms with Crippen LogP contribution in [0.3, 0.4) is 0 Å². The Balaban J connectivity index is 2.02. The molecule has 0 radical (unpaired) electrons. The van der Waals surface area contributed by atoms with Gasteiger partial charge in [-0.2, -0.15) is 13.2 Å². The number of anilines is 1. The lowest BCUT2D eigenvalue weighted by atomic mass is 9.82. The first-order valence-electron chi connectivity index (χ1n) is 12.1. The van der Waals surface area contributed by atoms with Crippen LogP contribution in [0.5, 0.6) is 11.6 Å². The SMILES string of the molecule is COC(=O)c1cc(Oc2ncc(C(C)=O)cc2C(F)(F)F)ccc1N(C(=O)C1CCC(C)CC1)C(C)C. The van der Waals surface area contributed by atoms with Gasteiger partial charge in [0.05, 0.1) is 18.4 Å². The lowest BCUT2D eigenvalue weighted by Crippen LogP contribution is -2.43. The number of pyridine rings is 1. The molecule has 1 aromatic heterocycles. The first-order valence-corrected chi connectivity index (χ1v) is 12.1. The molecule has 0 saturated heterocycles. The van der Waals surface area contributed by atoms with Crippen LogP contribution in [0.1, 0.15) is 79.7 Å². The minimum absolute atomic E-state index is 0.0276. The van der Waals surface area contributed by atoms with Crippen molar-refractivity contribution in [2.75, 3.05) is 12.0 Å². The molecular weight excluding hydrogens is 489 g/mol. The van der Waals surface area contributed by atoms with Gasteiger partial charge in [-0.3, -0.25) is 9.59 Å². The van der Waals surface area contributed by atoms with E-state index in [-0.39, 0.29) is 40.4 Å². The summed E-state index contributed by atoms with van der Waals surface area (Å²) in [6.45, 7) is 6.94. The van der Waals surface area contributed by atoms with E-state index < -0.39 is 29.4 Å².